The van der Waals surface area contributed by atoms with Crippen LogP contribution in [0.1, 0.15) is 31.4 Å². The predicted octanol–water partition coefficient (Wildman–Crippen LogP) is 2.45. The molecular formula is C13H14Cl2N2O2. The second-order valence-corrected chi connectivity index (χ2v) is 5.38. The second kappa shape index (κ2) is 5.90. The minimum absolute atomic E-state index is 0.0567. The van der Waals surface area contributed by atoms with Crippen LogP contribution in [0.25, 0.3) is 0 Å². The lowest BCUT2D eigenvalue weighted by molar-refractivity contribution is -0.134. The van der Waals surface area contributed by atoms with Gasteiger partial charge in [-0.25, -0.2) is 0 Å². The Hall–Kier alpha value is -1.10. The number of nitrogens with one attached hydrogen (secondary N) is 2. The summed E-state index contributed by atoms with van der Waals surface area (Å²) in [5, 5.41) is 6.49. The van der Waals surface area contributed by atoms with Gasteiger partial charge in [-0.05, 0) is 31.0 Å². The number of imide groups is 1. The first kappa shape index (κ1) is 14.3. The van der Waals surface area contributed by atoms with Gasteiger partial charge in [0.1, 0.15) is 0 Å². The Morgan fingerprint density at radius 1 is 1.32 bits per heavy atom. The van der Waals surface area contributed by atoms with E-state index in [4.69, 9.17) is 23.2 Å². The molecule has 1 aromatic carbocycles. The summed E-state index contributed by atoms with van der Waals surface area (Å²) < 4.78 is 0. The van der Waals surface area contributed by atoms with Crippen molar-refractivity contribution in [2.75, 3.05) is 0 Å². The molecule has 1 heterocycles. The quantitative estimate of drug-likeness (QED) is 0.843. The first-order valence-corrected chi connectivity index (χ1v) is 6.77. The number of halogens is 2. The molecule has 2 N–H and O–H groups in total. The highest BCUT2D eigenvalue weighted by Gasteiger charge is 2.27. The fourth-order valence-corrected chi connectivity index (χ4v) is 2.34. The van der Waals surface area contributed by atoms with E-state index in [2.05, 4.69) is 10.6 Å². The molecule has 6 heteroatoms. The van der Waals surface area contributed by atoms with Crippen LogP contribution in [0.3, 0.4) is 0 Å². The maximum atomic E-state index is 11.7. The Balaban J connectivity index is 2.04. The highest BCUT2D eigenvalue weighted by Crippen LogP contribution is 2.26. The van der Waals surface area contributed by atoms with Crippen LogP contribution < -0.4 is 10.6 Å². The SMILES string of the molecule is CC(NC1CCC(=O)NC1=O)c1ccc(Cl)c(Cl)c1. The van der Waals surface area contributed by atoms with Crippen molar-refractivity contribution in [3.05, 3.63) is 33.8 Å². The lowest BCUT2D eigenvalue weighted by Crippen LogP contribution is -2.51. The largest absolute Gasteiger partial charge is 0.299 e. The summed E-state index contributed by atoms with van der Waals surface area (Å²) in [4.78, 5) is 22.7. The van der Waals surface area contributed by atoms with Crippen molar-refractivity contribution in [1.29, 1.82) is 0 Å². The molecule has 1 aliphatic rings. The molecule has 0 bridgehead atoms. The third-order valence-electron chi connectivity index (χ3n) is 3.13. The average Bonchev–Trinajstić information content (AvgIpc) is 2.36. The molecule has 0 radical (unpaired) electrons. The number of benzene rings is 1. The third-order valence-corrected chi connectivity index (χ3v) is 3.87. The van der Waals surface area contributed by atoms with E-state index in [0.717, 1.165) is 5.56 Å². The van der Waals surface area contributed by atoms with Gasteiger partial charge in [0.05, 0.1) is 16.1 Å². The van der Waals surface area contributed by atoms with Crippen LogP contribution in [0.15, 0.2) is 18.2 Å². The number of hydrogen-bond acceptors (Lipinski definition) is 3. The molecule has 0 spiro atoms. The third kappa shape index (κ3) is 3.47. The van der Waals surface area contributed by atoms with Crippen molar-refractivity contribution in [1.82, 2.24) is 10.6 Å². The normalized spacial score (nSPS) is 21.1. The van der Waals surface area contributed by atoms with E-state index in [0.29, 0.717) is 22.9 Å². The van der Waals surface area contributed by atoms with E-state index >= 15 is 0 Å². The Kier molecular flexibility index (Phi) is 4.45. The zero-order chi connectivity index (χ0) is 14.0. The number of amides is 2. The van der Waals surface area contributed by atoms with Crippen LogP contribution in [0.5, 0.6) is 0 Å². The Labute approximate surface area is 121 Å². The first-order chi connectivity index (χ1) is 8.97. The molecule has 1 aromatic rings. The van der Waals surface area contributed by atoms with Gasteiger partial charge in [-0.2, -0.15) is 0 Å². The van der Waals surface area contributed by atoms with E-state index in [1.807, 2.05) is 13.0 Å². The molecule has 2 atom stereocenters. The number of carbonyl (C=O) groups excluding carboxylic acids is 2. The average molecular weight is 301 g/mol. The molecule has 2 rings (SSSR count). The van der Waals surface area contributed by atoms with Gasteiger partial charge in [-0.3, -0.25) is 20.2 Å². The molecule has 19 heavy (non-hydrogen) atoms. The zero-order valence-electron chi connectivity index (χ0n) is 10.4. The molecule has 1 aliphatic heterocycles. The molecule has 0 aliphatic carbocycles. The maximum absolute atomic E-state index is 11.7. The number of carbonyl (C=O) groups is 2. The highest BCUT2D eigenvalue weighted by molar-refractivity contribution is 6.42. The lowest BCUT2D eigenvalue weighted by Gasteiger charge is -2.25. The molecule has 2 unspecified atom stereocenters. The van der Waals surface area contributed by atoms with Crippen molar-refractivity contribution in [2.45, 2.75) is 31.8 Å². The molecular weight excluding hydrogens is 287 g/mol. The second-order valence-electron chi connectivity index (χ2n) is 4.57. The van der Waals surface area contributed by atoms with Crippen LogP contribution in [-0.4, -0.2) is 17.9 Å². The van der Waals surface area contributed by atoms with Gasteiger partial charge in [-0.15, -0.1) is 0 Å². The predicted molar refractivity (Wildman–Crippen MR) is 74.2 cm³/mol. The van der Waals surface area contributed by atoms with Crippen molar-refractivity contribution in [2.24, 2.45) is 0 Å². The maximum Gasteiger partial charge on any atom is 0.243 e. The molecule has 1 fully saturated rings. The standard InChI is InChI=1S/C13H14Cl2N2O2/c1-7(8-2-3-9(14)10(15)6-8)16-11-4-5-12(18)17-13(11)19/h2-3,6-7,11,16H,4-5H2,1H3,(H,17,18,19). The van der Waals surface area contributed by atoms with Crippen molar-refractivity contribution >= 4 is 35.0 Å². The minimum atomic E-state index is -0.359. The van der Waals surface area contributed by atoms with E-state index in [1.165, 1.54) is 0 Å². The summed E-state index contributed by atoms with van der Waals surface area (Å²) in [6.45, 7) is 1.93. The van der Waals surface area contributed by atoms with Gasteiger partial charge in [-0.1, -0.05) is 29.3 Å². The van der Waals surface area contributed by atoms with Crippen LogP contribution >= 0.6 is 23.2 Å². The Morgan fingerprint density at radius 2 is 2.05 bits per heavy atom. The van der Waals surface area contributed by atoms with Gasteiger partial charge in [0.2, 0.25) is 11.8 Å². The zero-order valence-corrected chi connectivity index (χ0v) is 11.9. The van der Waals surface area contributed by atoms with Gasteiger partial charge in [0.15, 0.2) is 0 Å². The van der Waals surface area contributed by atoms with Crippen LogP contribution in [-0.2, 0) is 9.59 Å². The summed E-state index contributed by atoms with van der Waals surface area (Å²) in [6.07, 6.45) is 0.869. The molecule has 102 valence electrons. The Bertz CT molecular complexity index is 519. The lowest BCUT2D eigenvalue weighted by atomic mass is 10.0. The van der Waals surface area contributed by atoms with Crippen LogP contribution in [0.2, 0.25) is 10.0 Å². The molecule has 0 saturated carbocycles. The fourth-order valence-electron chi connectivity index (χ4n) is 2.03. The number of rotatable bonds is 3. The molecule has 1 saturated heterocycles. The van der Waals surface area contributed by atoms with E-state index < -0.39 is 0 Å². The van der Waals surface area contributed by atoms with Gasteiger partial charge in [0.25, 0.3) is 0 Å². The highest BCUT2D eigenvalue weighted by atomic mass is 35.5. The van der Waals surface area contributed by atoms with E-state index in [-0.39, 0.29) is 23.9 Å². The summed E-state index contributed by atoms with van der Waals surface area (Å²) in [5.41, 5.74) is 0.944. The molecule has 2 amide bonds. The summed E-state index contributed by atoms with van der Waals surface area (Å²) in [7, 11) is 0. The summed E-state index contributed by atoms with van der Waals surface area (Å²) in [5.74, 6) is -0.492. The fraction of sp³-hybridized carbons (Fsp3) is 0.385. The Morgan fingerprint density at radius 3 is 2.68 bits per heavy atom. The van der Waals surface area contributed by atoms with E-state index in [1.54, 1.807) is 12.1 Å². The van der Waals surface area contributed by atoms with Crippen molar-refractivity contribution in [3.8, 4) is 0 Å². The first-order valence-electron chi connectivity index (χ1n) is 6.02. The van der Waals surface area contributed by atoms with Crippen LogP contribution in [0.4, 0.5) is 0 Å². The van der Waals surface area contributed by atoms with Gasteiger partial charge >= 0.3 is 0 Å². The van der Waals surface area contributed by atoms with Gasteiger partial charge in [0, 0.05) is 12.5 Å². The molecule has 0 aromatic heterocycles. The smallest absolute Gasteiger partial charge is 0.243 e. The topological polar surface area (TPSA) is 58.2 Å². The van der Waals surface area contributed by atoms with Crippen LogP contribution in [0, 0.1) is 0 Å². The summed E-state index contributed by atoms with van der Waals surface area (Å²) in [6, 6.07) is 4.94. The minimum Gasteiger partial charge on any atom is -0.299 e. The molecule has 4 nitrogen and oxygen atoms in total. The monoisotopic (exact) mass is 300 g/mol. The van der Waals surface area contributed by atoms with Gasteiger partial charge < -0.3 is 0 Å². The van der Waals surface area contributed by atoms with E-state index in [9.17, 15) is 9.59 Å². The summed E-state index contributed by atoms with van der Waals surface area (Å²) >= 11 is 11.8. The number of piperidine rings is 1. The van der Waals surface area contributed by atoms with Crippen molar-refractivity contribution in [3.63, 3.8) is 0 Å². The van der Waals surface area contributed by atoms with Crippen molar-refractivity contribution < 1.29 is 9.59 Å². The number of hydrogen-bond donors (Lipinski definition) is 2.